The van der Waals surface area contributed by atoms with Crippen LogP contribution in [0.1, 0.15) is 49.9 Å². The number of phenols is 2. The first kappa shape index (κ1) is 22.9. The van der Waals surface area contributed by atoms with Crippen LogP contribution in [0.4, 0.5) is 0 Å². The summed E-state index contributed by atoms with van der Waals surface area (Å²) < 4.78 is 5.33. The smallest absolute Gasteiger partial charge is 0.348 e. The molecule has 166 valence electrons. The van der Waals surface area contributed by atoms with Crippen LogP contribution >= 0.6 is 0 Å². The lowest BCUT2D eigenvalue weighted by molar-refractivity contribution is -0.131. The minimum Gasteiger partial charge on any atom is -0.508 e. The molecule has 0 unspecified atom stereocenters. The molecule has 0 fully saturated rings. The summed E-state index contributed by atoms with van der Waals surface area (Å²) in [7, 11) is 0. The van der Waals surface area contributed by atoms with Gasteiger partial charge in [-0.25, -0.2) is 4.79 Å². The van der Waals surface area contributed by atoms with Crippen LogP contribution in [0, 0.1) is 0 Å². The van der Waals surface area contributed by atoms with Gasteiger partial charge < -0.3 is 20.1 Å². The van der Waals surface area contributed by atoms with Crippen molar-refractivity contribution in [3.05, 3.63) is 93.5 Å². The van der Waals surface area contributed by atoms with E-state index in [9.17, 15) is 20.1 Å². The molecule has 0 saturated heterocycles. The molecule has 2 aromatic carbocycles. The number of aliphatic hydroxyl groups is 1. The van der Waals surface area contributed by atoms with Gasteiger partial charge in [0.1, 0.15) is 17.1 Å². The first-order chi connectivity index (χ1) is 15.2. The summed E-state index contributed by atoms with van der Waals surface area (Å²) in [6.07, 6.45) is 6.63. The van der Waals surface area contributed by atoms with E-state index in [2.05, 4.69) is 0 Å². The van der Waals surface area contributed by atoms with Gasteiger partial charge in [-0.2, -0.15) is 0 Å². The second kappa shape index (κ2) is 9.60. The topological polar surface area (TPSA) is 87.0 Å². The highest BCUT2D eigenvalue weighted by Gasteiger charge is 2.31. The summed E-state index contributed by atoms with van der Waals surface area (Å²) in [5.41, 5.74) is 4.85. The number of rotatable bonds is 6. The number of esters is 1. The summed E-state index contributed by atoms with van der Waals surface area (Å²) in [4.78, 5) is 12.5. The Morgan fingerprint density at radius 1 is 0.844 bits per heavy atom. The van der Waals surface area contributed by atoms with Gasteiger partial charge in [0.25, 0.3) is 0 Å². The molecule has 0 atom stereocenters. The summed E-state index contributed by atoms with van der Waals surface area (Å²) in [6, 6.07) is 9.82. The number of cyclic esters (lactones) is 1. The molecule has 1 aliphatic heterocycles. The normalized spacial score (nSPS) is 14.5. The van der Waals surface area contributed by atoms with Crippen LogP contribution in [0.5, 0.6) is 11.5 Å². The summed E-state index contributed by atoms with van der Waals surface area (Å²) in [5, 5.41) is 31.0. The van der Waals surface area contributed by atoms with Crippen LogP contribution in [0.25, 0.3) is 11.6 Å². The van der Waals surface area contributed by atoms with Crippen molar-refractivity contribution in [3.8, 4) is 11.5 Å². The first-order valence-electron chi connectivity index (χ1n) is 10.4. The molecule has 5 nitrogen and oxygen atoms in total. The third kappa shape index (κ3) is 5.30. The van der Waals surface area contributed by atoms with Gasteiger partial charge in [0.2, 0.25) is 0 Å². The van der Waals surface area contributed by atoms with Crippen molar-refractivity contribution in [2.24, 2.45) is 0 Å². The molecule has 0 radical (unpaired) electrons. The Bertz CT molecular complexity index is 1170. The molecule has 2 aromatic rings. The fraction of sp³-hybridized carbons (Fsp3) is 0.222. The van der Waals surface area contributed by atoms with Crippen molar-refractivity contribution in [2.75, 3.05) is 0 Å². The third-order valence-electron chi connectivity index (χ3n) is 5.11. The highest BCUT2D eigenvalue weighted by atomic mass is 16.6. The predicted octanol–water partition coefficient (Wildman–Crippen LogP) is 5.98. The van der Waals surface area contributed by atoms with Crippen LogP contribution in [-0.4, -0.2) is 21.3 Å². The largest absolute Gasteiger partial charge is 0.508 e. The minimum absolute atomic E-state index is 0.0442. The maximum atomic E-state index is 12.5. The number of allylic oxidation sites excluding steroid dienone is 4. The van der Waals surface area contributed by atoms with Gasteiger partial charge in [-0.3, -0.25) is 0 Å². The fourth-order valence-electron chi connectivity index (χ4n) is 3.31. The summed E-state index contributed by atoms with van der Waals surface area (Å²) >= 11 is 0. The second-order valence-electron chi connectivity index (χ2n) is 8.32. The van der Waals surface area contributed by atoms with Crippen LogP contribution in [0.2, 0.25) is 0 Å². The van der Waals surface area contributed by atoms with E-state index < -0.39 is 5.97 Å². The Morgan fingerprint density at radius 3 is 2.00 bits per heavy atom. The van der Waals surface area contributed by atoms with E-state index in [4.69, 9.17) is 4.74 Å². The van der Waals surface area contributed by atoms with E-state index in [1.807, 2.05) is 39.8 Å². The predicted molar refractivity (Wildman–Crippen MR) is 126 cm³/mol. The lowest BCUT2D eigenvalue weighted by atomic mass is 9.99. The quantitative estimate of drug-likeness (QED) is 0.386. The van der Waals surface area contributed by atoms with Crippen molar-refractivity contribution in [2.45, 2.75) is 40.5 Å². The Kier molecular flexibility index (Phi) is 6.89. The van der Waals surface area contributed by atoms with Crippen LogP contribution in [0.3, 0.4) is 0 Å². The average Bonchev–Trinajstić information content (AvgIpc) is 3.00. The third-order valence-corrected chi connectivity index (χ3v) is 5.11. The second-order valence-corrected chi connectivity index (χ2v) is 8.32. The van der Waals surface area contributed by atoms with Gasteiger partial charge in [0.15, 0.2) is 11.5 Å². The number of carbonyl (C=O) groups is 1. The minimum atomic E-state index is -0.656. The molecule has 0 aromatic heterocycles. The average molecular weight is 433 g/mol. The molecule has 1 heterocycles. The van der Waals surface area contributed by atoms with Crippen molar-refractivity contribution in [1.29, 1.82) is 0 Å². The number of ether oxygens (including phenoxy) is 1. The molecule has 0 aliphatic carbocycles. The van der Waals surface area contributed by atoms with E-state index in [1.165, 1.54) is 6.07 Å². The van der Waals surface area contributed by atoms with E-state index in [0.29, 0.717) is 29.5 Å². The molecule has 32 heavy (non-hydrogen) atoms. The number of phenolic OH excluding ortho intramolecular Hbond substituents is 2. The van der Waals surface area contributed by atoms with E-state index in [0.717, 1.165) is 16.7 Å². The fourth-order valence-corrected chi connectivity index (χ4v) is 3.31. The number of aliphatic hydroxyl groups excluding tert-OH is 1. The van der Waals surface area contributed by atoms with Gasteiger partial charge >= 0.3 is 5.97 Å². The summed E-state index contributed by atoms with van der Waals surface area (Å²) in [5.74, 6) is -0.560. The van der Waals surface area contributed by atoms with E-state index in [1.54, 1.807) is 36.4 Å². The van der Waals surface area contributed by atoms with Gasteiger partial charge in [-0.15, -0.1) is 0 Å². The van der Waals surface area contributed by atoms with Gasteiger partial charge in [-0.05, 0) is 93.1 Å². The first-order valence-corrected chi connectivity index (χ1v) is 10.4. The number of benzene rings is 2. The van der Waals surface area contributed by atoms with Crippen molar-refractivity contribution < 1.29 is 24.9 Å². The Hall–Kier alpha value is -3.73. The van der Waals surface area contributed by atoms with Gasteiger partial charge in [0.05, 0.1) is 0 Å². The Morgan fingerprint density at radius 2 is 1.41 bits per heavy atom. The molecule has 5 heteroatoms. The summed E-state index contributed by atoms with van der Waals surface area (Å²) in [6.45, 7) is 7.91. The number of hydrogen-bond donors (Lipinski definition) is 3. The lowest BCUT2D eigenvalue weighted by Crippen LogP contribution is -1.99. The SMILES string of the molecule is CC(C)=CCc1cc(/C=C2\OC(=O)C(c3ccc(O)c(CC=C(C)C)c3)=C2O)ccc1O. The maximum absolute atomic E-state index is 12.5. The van der Waals surface area contributed by atoms with Crippen molar-refractivity contribution in [3.63, 3.8) is 0 Å². The highest BCUT2D eigenvalue weighted by molar-refractivity contribution is 6.21. The van der Waals surface area contributed by atoms with Crippen molar-refractivity contribution in [1.82, 2.24) is 0 Å². The van der Waals surface area contributed by atoms with Gasteiger partial charge in [0, 0.05) is 0 Å². The number of aromatic hydroxyl groups is 2. The van der Waals surface area contributed by atoms with Crippen molar-refractivity contribution >= 4 is 17.6 Å². The van der Waals surface area contributed by atoms with Crippen LogP contribution < -0.4 is 0 Å². The van der Waals surface area contributed by atoms with E-state index in [-0.39, 0.29) is 28.6 Å². The molecule has 0 saturated carbocycles. The zero-order valence-electron chi connectivity index (χ0n) is 18.8. The molecule has 3 rings (SSSR count). The molecule has 1 aliphatic rings. The van der Waals surface area contributed by atoms with Crippen LogP contribution in [0.15, 0.2) is 71.2 Å². The molecule has 0 bridgehead atoms. The Labute approximate surface area is 188 Å². The molecule has 0 amide bonds. The highest BCUT2D eigenvalue weighted by Crippen LogP contribution is 2.35. The van der Waals surface area contributed by atoms with Crippen LogP contribution in [-0.2, 0) is 22.4 Å². The maximum Gasteiger partial charge on any atom is 0.348 e. The molecule has 3 N–H and O–H groups in total. The van der Waals surface area contributed by atoms with E-state index >= 15 is 0 Å². The zero-order chi connectivity index (χ0) is 23.4. The lowest BCUT2D eigenvalue weighted by Gasteiger charge is -2.06. The number of hydrogen-bond acceptors (Lipinski definition) is 5. The zero-order valence-corrected chi connectivity index (χ0v) is 18.8. The molecule has 0 spiro atoms. The standard InChI is InChI=1S/C27H28O5/c1-16(2)5-8-19-13-18(7-11-22(19)28)14-24-26(30)25(27(31)32-24)21-10-12-23(29)20(15-21)9-6-17(3)4/h5-7,10-15,28-30H,8-9H2,1-4H3/b24-14-. The number of carbonyl (C=O) groups excluding carboxylic acids is 1. The molecular formula is C27H28O5. The monoisotopic (exact) mass is 432 g/mol. The Balaban J connectivity index is 1.97. The molecular weight excluding hydrogens is 404 g/mol. The van der Waals surface area contributed by atoms with Gasteiger partial charge in [-0.1, -0.05) is 35.4 Å².